The molecule has 24 heavy (non-hydrogen) atoms. The Labute approximate surface area is 143 Å². The molecular weight excluding hydrogens is 402 g/mol. The van der Waals surface area contributed by atoms with Crippen molar-refractivity contribution in [1.29, 1.82) is 0 Å². The molecule has 3 aliphatic heterocycles. The Bertz CT molecular complexity index is 571. The minimum atomic E-state index is -4.35. The summed E-state index contributed by atoms with van der Waals surface area (Å²) in [5, 5.41) is 0. The molecule has 0 amide bonds. The number of piperazine rings is 1. The van der Waals surface area contributed by atoms with E-state index in [4.69, 9.17) is 0 Å². The number of benzene rings is 1. The number of piperidine rings is 1. The van der Waals surface area contributed by atoms with Crippen molar-refractivity contribution < 1.29 is 26.3 Å². The maximum Gasteiger partial charge on any atom is 0.401 e. The van der Waals surface area contributed by atoms with Gasteiger partial charge in [-0.1, -0.05) is 28.1 Å². The first-order valence-corrected chi connectivity index (χ1v) is 8.20. The van der Waals surface area contributed by atoms with Gasteiger partial charge in [-0.15, -0.1) is 0 Å². The average molecular weight is 417 g/mol. The molecule has 0 N–H and O–H groups in total. The van der Waals surface area contributed by atoms with Crippen molar-refractivity contribution in [2.75, 3.05) is 26.2 Å². The fourth-order valence-electron chi connectivity index (χ4n) is 3.81. The number of rotatable bonds is 3. The summed E-state index contributed by atoms with van der Waals surface area (Å²) in [7, 11) is 0. The van der Waals surface area contributed by atoms with E-state index in [1.165, 1.54) is 9.80 Å². The van der Waals surface area contributed by atoms with Gasteiger partial charge in [-0.25, -0.2) is 0 Å². The van der Waals surface area contributed by atoms with Crippen molar-refractivity contribution in [3.63, 3.8) is 0 Å². The molecule has 134 valence electrons. The predicted octanol–water partition coefficient (Wildman–Crippen LogP) is 4.03. The van der Waals surface area contributed by atoms with Crippen molar-refractivity contribution >= 4 is 15.9 Å². The summed E-state index contributed by atoms with van der Waals surface area (Å²) in [5.41, 5.74) is 0.873. The van der Waals surface area contributed by atoms with Crippen molar-refractivity contribution in [3.8, 4) is 0 Å². The summed E-state index contributed by atoms with van der Waals surface area (Å²) in [6.45, 7) is -2.16. The quantitative estimate of drug-likeness (QED) is 0.686. The van der Waals surface area contributed by atoms with Crippen molar-refractivity contribution in [2.45, 2.75) is 30.4 Å². The third-order valence-electron chi connectivity index (χ3n) is 4.59. The molecule has 3 aliphatic rings. The molecule has 4 rings (SSSR count). The highest BCUT2D eigenvalue weighted by molar-refractivity contribution is 9.10. The lowest BCUT2D eigenvalue weighted by Gasteiger charge is -2.62. The molecule has 9 heteroatoms. The first kappa shape index (κ1) is 18.0. The van der Waals surface area contributed by atoms with Crippen molar-refractivity contribution in [3.05, 3.63) is 34.3 Å². The molecule has 3 heterocycles. The number of halogens is 7. The number of hydrogen-bond acceptors (Lipinski definition) is 2. The first-order chi connectivity index (χ1) is 11.0. The summed E-state index contributed by atoms with van der Waals surface area (Å²) >= 11 is 3.30. The lowest BCUT2D eigenvalue weighted by atomic mass is 9.71. The Hall–Kier alpha value is -0.800. The minimum absolute atomic E-state index is 0.00712. The van der Waals surface area contributed by atoms with Crippen LogP contribution in [0.3, 0.4) is 0 Å². The molecule has 0 saturated carbocycles. The second kappa shape index (κ2) is 6.17. The fraction of sp³-hybridized carbons (Fsp3) is 0.600. The van der Waals surface area contributed by atoms with Gasteiger partial charge in [-0.3, -0.25) is 9.80 Å². The maximum atomic E-state index is 12.7. The van der Waals surface area contributed by atoms with Crippen LogP contribution >= 0.6 is 15.9 Å². The Morgan fingerprint density at radius 2 is 1.38 bits per heavy atom. The van der Waals surface area contributed by atoms with Gasteiger partial charge in [0, 0.05) is 35.6 Å². The summed E-state index contributed by atoms with van der Waals surface area (Å²) in [6, 6.07) is 6.14. The number of hydrogen-bond donors (Lipinski definition) is 0. The monoisotopic (exact) mass is 416 g/mol. The zero-order valence-corrected chi connectivity index (χ0v) is 14.0. The molecule has 1 unspecified atom stereocenters. The van der Waals surface area contributed by atoms with Crippen LogP contribution in [0, 0.1) is 0 Å². The molecule has 2 nitrogen and oxygen atoms in total. The Morgan fingerprint density at radius 1 is 0.875 bits per heavy atom. The Morgan fingerprint density at radius 3 is 1.83 bits per heavy atom. The van der Waals surface area contributed by atoms with Gasteiger partial charge in [-0.05, 0) is 17.7 Å². The van der Waals surface area contributed by atoms with Crippen molar-refractivity contribution in [2.24, 2.45) is 0 Å². The Kier molecular flexibility index (Phi) is 4.63. The molecule has 1 aromatic rings. The molecule has 0 spiro atoms. The maximum absolute atomic E-state index is 12.7. The summed E-state index contributed by atoms with van der Waals surface area (Å²) in [4.78, 5) is 2.50. The van der Waals surface area contributed by atoms with E-state index in [1.807, 2.05) is 12.1 Å². The fourth-order valence-corrected chi connectivity index (χ4v) is 4.07. The van der Waals surface area contributed by atoms with Crippen LogP contribution in [0.5, 0.6) is 0 Å². The van der Waals surface area contributed by atoms with Gasteiger partial charge < -0.3 is 0 Å². The van der Waals surface area contributed by atoms with Gasteiger partial charge in [0.2, 0.25) is 0 Å². The zero-order chi connectivity index (χ0) is 17.7. The normalized spacial score (nSPS) is 28.7. The van der Waals surface area contributed by atoms with Crippen LogP contribution in [0.25, 0.3) is 0 Å². The van der Waals surface area contributed by atoms with E-state index in [0.717, 1.165) is 10.0 Å². The van der Waals surface area contributed by atoms with E-state index in [0.29, 0.717) is 0 Å². The summed E-state index contributed by atoms with van der Waals surface area (Å²) in [6.07, 6.45) is -8.70. The third-order valence-corrected chi connectivity index (χ3v) is 5.12. The number of fused-ring (bicyclic) bond motifs is 2. The van der Waals surface area contributed by atoms with Crippen LogP contribution < -0.4 is 0 Å². The smallest absolute Gasteiger partial charge is 0.292 e. The highest BCUT2D eigenvalue weighted by Crippen LogP contribution is 2.46. The van der Waals surface area contributed by atoms with Crippen LogP contribution in [0.15, 0.2) is 28.7 Å². The van der Waals surface area contributed by atoms with Crippen LogP contribution in [-0.4, -0.2) is 60.4 Å². The van der Waals surface area contributed by atoms with Crippen LogP contribution in [0.4, 0.5) is 26.3 Å². The van der Waals surface area contributed by atoms with E-state index in [-0.39, 0.29) is 19.0 Å². The molecule has 0 aliphatic carbocycles. The number of nitrogens with zero attached hydrogens (tertiary/aromatic N) is 2. The summed E-state index contributed by atoms with van der Waals surface area (Å²) in [5.74, 6) is -0.162. The molecule has 0 radical (unpaired) electrons. The van der Waals surface area contributed by atoms with E-state index in [1.54, 1.807) is 12.1 Å². The van der Waals surface area contributed by atoms with Gasteiger partial charge in [0.25, 0.3) is 0 Å². The molecule has 3 saturated heterocycles. The Balaban J connectivity index is 1.77. The minimum Gasteiger partial charge on any atom is -0.292 e. The number of alkyl halides is 6. The largest absolute Gasteiger partial charge is 0.401 e. The zero-order valence-electron chi connectivity index (χ0n) is 12.4. The SMILES string of the molecule is FC(F)(F)CN1C[C@@H]2C(c3ccc(Br)cc3)[C@H](C1)N2CC(F)(F)F. The van der Waals surface area contributed by atoms with Crippen molar-refractivity contribution in [1.82, 2.24) is 9.80 Å². The highest BCUT2D eigenvalue weighted by Gasteiger charge is 2.56. The topological polar surface area (TPSA) is 6.48 Å². The third kappa shape index (κ3) is 3.88. The molecule has 0 aromatic heterocycles. The summed E-state index contributed by atoms with van der Waals surface area (Å²) < 4.78 is 76.8. The second-order valence-electron chi connectivity index (χ2n) is 6.31. The van der Waals surface area contributed by atoms with Crippen LogP contribution in [-0.2, 0) is 0 Å². The van der Waals surface area contributed by atoms with Gasteiger partial charge >= 0.3 is 12.4 Å². The lowest BCUT2D eigenvalue weighted by Crippen LogP contribution is -2.74. The van der Waals surface area contributed by atoms with E-state index in [9.17, 15) is 26.3 Å². The molecular formula is C15H15BrF6N2. The lowest BCUT2D eigenvalue weighted by molar-refractivity contribution is -0.208. The van der Waals surface area contributed by atoms with E-state index >= 15 is 0 Å². The van der Waals surface area contributed by atoms with Gasteiger partial charge in [0.1, 0.15) is 0 Å². The van der Waals surface area contributed by atoms with Gasteiger partial charge in [-0.2, -0.15) is 26.3 Å². The average Bonchev–Trinajstić information content (AvgIpc) is 2.43. The van der Waals surface area contributed by atoms with Gasteiger partial charge in [0.05, 0.1) is 13.1 Å². The molecule has 3 atom stereocenters. The highest BCUT2D eigenvalue weighted by atomic mass is 79.9. The molecule has 3 fully saturated rings. The molecule has 2 bridgehead atoms. The van der Waals surface area contributed by atoms with E-state index in [2.05, 4.69) is 15.9 Å². The second-order valence-corrected chi connectivity index (χ2v) is 7.22. The first-order valence-electron chi connectivity index (χ1n) is 7.40. The predicted molar refractivity (Wildman–Crippen MR) is 79.7 cm³/mol. The standard InChI is InChI=1S/C15H15BrF6N2/c16-10-3-1-9(2-4-10)13-11-5-23(7-14(17,18)19)6-12(13)24(11)8-15(20,21)22/h1-4,11-13H,5-8H2/t11-,12+,13?. The van der Waals surface area contributed by atoms with Crippen LogP contribution in [0.2, 0.25) is 0 Å². The van der Waals surface area contributed by atoms with Gasteiger partial charge in [0.15, 0.2) is 0 Å². The van der Waals surface area contributed by atoms with E-state index < -0.39 is 37.5 Å². The molecule has 1 aromatic carbocycles. The van der Waals surface area contributed by atoms with Crippen LogP contribution in [0.1, 0.15) is 11.5 Å².